The molecule has 1 unspecified atom stereocenters. The topological polar surface area (TPSA) is 131 Å². The van der Waals surface area contributed by atoms with Crippen LogP contribution in [0.5, 0.6) is 11.5 Å². The highest BCUT2D eigenvalue weighted by molar-refractivity contribution is 5.82. The van der Waals surface area contributed by atoms with E-state index in [1.807, 2.05) is 0 Å². The smallest absolute Gasteiger partial charge is 0.252 e. The van der Waals surface area contributed by atoms with Crippen LogP contribution in [0.25, 0.3) is 10.9 Å². The van der Waals surface area contributed by atoms with Crippen molar-refractivity contribution in [3.8, 4) is 11.5 Å². The average Bonchev–Trinajstić information content (AvgIpc) is 2.84. The van der Waals surface area contributed by atoms with Crippen molar-refractivity contribution in [1.29, 1.82) is 0 Å². The molecule has 2 aromatic heterocycles. The number of morpholine rings is 1. The summed E-state index contributed by atoms with van der Waals surface area (Å²) in [6, 6.07) is 7.96. The van der Waals surface area contributed by atoms with Crippen molar-refractivity contribution in [3.05, 3.63) is 68.0 Å². The lowest BCUT2D eigenvalue weighted by atomic mass is 9.91. The zero-order chi connectivity index (χ0) is 24.2. The molecule has 0 radical (unpaired) electrons. The maximum atomic E-state index is 13.1. The fourth-order valence-electron chi connectivity index (χ4n) is 4.05. The Morgan fingerprint density at radius 3 is 2.65 bits per heavy atom. The molecule has 0 spiro atoms. The zero-order valence-electron chi connectivity index (χ0n) is 19.0. The van der Waals surface area contributed by atoms with Crippen LogP contribution in [0, 0.1) is 0 Å². The molecule has 0 bridgehead atoms. The van der Waals surface area contributed by atoms with E-state index in [1.165, 1.54) is 14.2 Å². The van der Waals surface area contributed by atoms with Gasteiger partial charge in [0.15, 0.2) is 5.76 Å². The van der Waals surface area contributed by atoms with E-state index in [4.69, 9.17) is 18.6 Å². The summed E-state index contributed by atoms with van der Waals surface area (Å²) >= 11 is 0. The number of aromatic hydroxyl groups is 1. The molecular weight excluding hydrogens is 444 g/mol. The minimum Gasteiger partial charge on any atom is -0.502 e. The second-order valence-electron chi connectivity index (χ2n) is 7.98. The second kappa shape index (κ2) is 10.1. The van der Waals surface area contributed by atoms with E-state index >= 15 is 0 Å². The molecule has 3 heterocycles. The summed E-state index contributed by atoms with van der Waals surface area (Å²) in [6.45, 7) is 1.65. The third-order valence-electron chi connectivity index (χ3n) is 5.80. The van der Waals surface area contributed by atoms with Crippen molar-refractivity contribution < 1.29 is 28.5 Å². The minimum atomic E-state index is -1.00. The van der Waals surface area contributed by atoms with Gasteiger partial charge in [-0.05, 0) is 23.6 Å². The van der Waals surface area contributed by atoms with Crippen molar-refractivity contribution in [3.63, 3.8) is 0 Å². The molecule has 34 heavy (non-hydrogen) atoms. The molecule has 1 saturated heterocycles. The number of benzene rings is 1. The van der Waals surface area contributed by atoms with Gasteiger partial charge in [0.05, 0.1) is 31.8 Å². The third kappa shape index (κ3) is 4.82. The number of amides is 1. The number of carbonyl (C=O) groups is 1. The predicted octanol–water partition coefficient (Wildman–Crippen LogP) is 1.72. The Bertz CT molecular complexity index is 1310. The van der Waals surface area contributed by atoms with Gasteiger partial charge in [-0.1, -0.05) is 0 Å². The van der Waals surface area contributed by atoms with Crippen LogP contribution in [0.3, 0.4) is 0 Å². The van der Waals surface area contributed by atoms with Gasteiger partial charge in [-0.3, -0.25) is 14.4 Å². The lowest BCUT2D eigenvalue weighted by Crippen LogP contribution is -2.41. The molecular formula is C24H26N2O8. The molecule has 1 amide bonds. The van der Waals surface area contributed by atoms with E-state index < -0.39 is 22.7 Å². The van der Waals surface area contributed by atoms with Gasteiger partial charge in [-0.2, -0.15) is 0 Å². The van der Waals surface area contributed by atoms with E-state index in [1.54, 1.807) is 29.2 Å². The number of hydrogen-bond donors (Lipinski definition) is 2. The van der Waals surface area contributed by atoms with E-state index in [-0.39, 0.29) is 36.0 Å². The van der Waals surface area contributed by atoms with Gasteiger partial charge < -0.3 is 33.6 Å². The standard InChI is InChI=1S/C24H26N2O8/c1-31-13-16-11-20(27)22(29)23(34-16)17(12-21(28)26-5-7-33-8-6-26)18-9-14-3-4-15(32-2)10-19(14)25-24(18)30/h3-4,9-11,17,29H,5-8,12-13H2,1-2H3,(H,25,30). The van der Waals surface area contributed by atoms with Gasteiger partial charge in [-0.25, -0.2) is 0 Å². The van der Waals surface area contributed by atoms with Gasteiger partial charge in [0.2, 0.25) is 17.1 Å². The molecule has 0 aliphatic carbocycles. The number of nitrogens with one attached hydrogen (secondary N) is 1. The molecule has 10 nitrogen and oxygen atoms in total. The number of methoxy groups -OCH3 is 2. The summed E-state index contributed by atoms with van der Waals surface area (Å²) in [5, 5.41) is 11.3. The summed E-state index contributed by atoms with van der Waals surface area (Å²) in [5.41, 5.74) is -0.420. The van der Waals surface area contributed by atoms with Crippen LogP contribution in [0.4, 0.5) is 0 Å². The second-order valence-corrected chi connectivity index (χ2v) is 7.98. The van der Waals surface area contributed by atoms with Gasteiger partial charge in [-0.15, -0.1) is 0 Å². The van der Waals surface area contributed by atoms with Crippen LogP contribution in [-0.4, -0.2) is 61.4 Å². The van der Waals surface area contributed by atoms with Crippen molar-refractivity contribution in [2.45, 2.75) is 18.9 Å². The van der Waals surface area contributed by atoms with Crippen molar-refractivity contribution in [1.82, 2.24) is 9.88 Å². The molecule has 2 N–H and O–H groups in total. The first-order chi connectivity index (χ1) is 16.4. The summed E-state index contributed by atoms with van der Waals surface area (Å²) in [5.74, 6) is -1.30. The molecule has 1 fully saturated rings. The number of ether oxygens (including phenoxy) is 3. The molecule has 0 saturated carbocycles. The number of aromatic amines is 1. The molecule has 1 aromatic carbocycles. The fraction of sp³-hybridized carbons (Fsp3) is 0.375. The molecule has 10 heteroatoms. The quantitative estimate of drug-likeness (QED) is 0.534. The number of carbonyl (C=O) groups excluding carboxylic acids is 1. The first kappa shape index (κ1) is 23.5. The van der Waals surface area contributed by atoms with Gasteiger partial charge in [0.1, 0.15) is 18.1 Å². The number of rotatable bonds is 7. The van der Waals surface area contributed by atoms with Crippen LogP contribution in [0.1, 0.15) is 29.4 Å². The lowest BCUT2D eigenvalue weighted by molar-refractivity contribution is -0.135. The highest BCUT2D eigenvalue weighted by Crippen LogP contribution is 2.33. The van der Waals surface area contributed by atoms with Crippen molar-refractivity contribution in [2.75, 3.05) is 40.5 Å². The highest BCUT2D eigenvalue weighted by atomic mass is 16.5. The predicted molar refractivity (Wildman–Crippen MR) is 122 cm³/mol. The Labute approximate surface area is 194 Å². The Morgan fingerprint density at radius 1 is 1.18 bits per heavy atom. The van der Waals surface area contributed by atoms with Crippen molar-refractivity contribution in [2.24, 2.45) is 0 Å². The first-order valence-corrected chi connectivity index (χ1v) is 10.8. The Balaban J connectivity index is 1.84. The number of hydrogen-bond acceptors (Lipinski definition) is 8. The number of H-pyrrole nitrogens is 1. The minimum absolute atomic E-state index is 0.0134. The molecule has 3 aromatic rings. The summed E-state index contributed by atoms with van der Waals surface area (Å²) < 4.78 is 21.4. The van der Waals surface area contributed by atoms with Gasteiger partial charge >= 0.3 is 0 Å². The Hall–Kier alpha value is -3.63. The monoisotopic (exact) mass is 470 g/mol. The van der Waals surface area contributed by atoms with E-state index in [0.717, 1.165) is 6.07 Å². The summed E-state index contributed by atoms with van der Waals surface area (Å²) in [4.78, 5) is 43.2. The molecule has 1 aliphatic rings. The number of aromatic nitrogens is 1. The van der Waals surface area contributed by atoms with Gasteiger partial charge in [0, 0.05) is 44.3 Å². The zero-order valence-corrected chi connectivity index (χ0v) is 19.0. The van der Waals surface area contributed by atoms with E-state index in [2.05, 4.69) is 4.98 Å². The van der Waals surface area contributed by atoms with Crippen LogP contribution >= 0.6 is 0 Å². The van der Waals surface area contributed by atoms with Crippen LogP contribution in [-0.2, 0) is 20.9 Å². The fourth-order valence-corrected chi connectivity index (χ4v) is 4.05. The lowest BCUT2D eigenvalue weighted by Gasteiger charge is -2.28. The average molecular weight is 470 g/mol. The highest BCUT2D eigenvalue weighted by Gasteiger charge is 2.30. The Kier molecular flexibility index (Phi) is 6.99. The molecule has 1 atom stereocenters. The SMILES string of the molecule is COCc1cc(=O)c(O)c(C(CC(=O)N2CCOCC2)c2cc3ccc(OC)cc3[nH]c2=O)o1. The molecule has 4 rings (SSSR count). The number of pyridine rings is 1. The van der Waals surface area contributed by atoms with E-state index in [9.17, 15) is 19.5 Å². The van der Waals surface area contributed by atoms with Crippen LogP contribution < -0.4 is 15.7 Å². The number of nitrogens with zero attached hydrogens (tertiary/aromatic N) is 1. The van der Waals surface area contributed by atoms with Crippen molar-refractivity contribution >= 4 is 16.8 Å². The first-order valence-electron chi connectivity index (χ1n) is 10.8. The summed E-state index contributed by atoms with van der Waals surface area (Å²) in [7, 11) is 2.97. The maximum Gasteiger partial charge on any atom is 0.252 e. The van der Waals surface area contributed by atoms with Crippen LogP contribution in [0.15, 0.2) is 44.3 Å². The summed E-state index contributed by atoms with van der Waals surface area (Å²) in [6.07, 6.45) is -0.183. The largest absolute Gasteiger partial charge is 0.502 e. The van der Waals surface area contributed by atoms with E-state index in [0.29, 0.717) is 43.0 Å². The maximum absolute atomic E-state index is 13.1. The number of fused-ring (bicyclic) bond motifs is 1. The molecule has 180 valence electrons. The normalized spacial score (nSPS) is 14.8. The molecule has 1 aliphatic heterocycles. The van der Waals surface area contributed by atoms with Gasteiger partial charge in [0.25, 0.3) is 5.56 Å². The third-order valence-corrected chi connectivity index (χ3v) is 5.80. The Morgan fingerprint density at radius 2 is 1.94 bits per heavy atom. The van der Waals surface area contributed by atoms with Crippen LogP contribution in [0.2, 0.25) is 0 Å².